The molecule has 1 aromatic heterocycles. The van der Waals surface area contributed by atoms with Crippen molar-refractivity contribution in [1.82, 2.24) is 14.5 Å². The molecule has 5 rings (SSSR count). The molecule has 0 atom stereocenters. The molecule has 4 aromatic rings. The smallest absolute Gasteiger partial charge is 0.326 e. The van der Waals surface area contributed by atoms with Gasteiger partial charge >= 0.3 is 5.69 Å². The number of hydrogen-bond donors (Lipinski definition) is 1. The van der Waals surface area contributed by atoms with Gasteiger partial charge in [-0.15, -0.1) is 0 Å². The van der Waals surface area contributed by atoms with E-state index in [1.807, 2.05) is 47.0 Å². The normalized spacial score (nSPS) is 15.3. The van der Waals surface area contributed by atoms with Gasteiger partial charge in [0.25, 0.3) is 0 Å². The van der Waals surface area contributed by atoms with Gasteiger partial charge in [0.1, 0.15) is 11.5 Å². The zero-order valence-corrected chi connectivity index (χ0v) is 18.5. The number of nitrogens with zero attached hydrogens (tertiary/aromatic N) is 2. The fraction of sp³-hybridized carbons (Fsp3) is 0.296. The number of para-hydroxylation sites is 3. The van der Waals surface area contributed by atoms with Crippen LogP contribution in [0.3, 0.4) is 0 Å². The lowest BCUT2D eigenvalue weighted by Crippen LogP contribution is -2.36. The number of aromatic nitrogens is 2. The fourth-order valence-corrected chi connectivity index (χ4v) is 4.76. The molecule has 0 saturated carbocycles. The van der Waals surface area contributed by atoms with Gasteiger partial charge in [-0.05, 0) is 60.7 Å². The van der Waals surface area contributed by atoms with Gasteiger partial charge in [-0.3, -0.25) is 9.47 Å². The summed E-state index contributed by atoms with van der Waals surface area (Å²) in [5.74, 6) is 1.81. The van der Waals surface area contributed by atoms with Crippen LogP contribution in [0.15, 0.2) is 77.6 Å². The SMILES string of the molecule is CCc1ccccc1Oc1cccc(CN2CCC(n3c(=O)[nH]c4ccccc43)CC2)c1. The maximum atomic E-state index is 12.5. The zero-order valence-electron chi connectivity index (χ0n) is 18.5. The number of H-pyrrole nitrogens is 1. The van der Waals surface area contributed by atoms with Crippen molar-refractivity contribution in [2.24, 2.45) is 0 Å². The molecule has 0 bridgehead atoms. The standard InChI is InChI=1S/C27H29N3O2/c1-2-21-9-3-6-13-26(21)32-23-10-7-8-20(18-23)19-29-16-14-22(15-17-29)30-25-12-5-4-11-24(25)28-27(30)31/h3-13,18,22H,2,14-17,19H2,1H3,(H,28,31). The van der Waals surface area contributed by atoms with Gasteiger partial charge in [-0.2, -0.15) is 0 Å². The highest BCUT2D eigenvalue weighted by Gasteiger charge is 2.23. The van der Waals surface area contributed by atoms with E-state index in [2.05, 4.69) is 47.1 Å². The van der Waals surface area contributed by atoms with E-state index in [0.29, 0.717) is 0 Å². The van der Waals surface area contributed by atoms with Crippen molar-refractivity contribution in [2.45, 2.75) is 38.8 Å². The highest BCUT2D eigenvalue weighted by atomic mass is 16.5. The van der Waals surface area contributed by atoms with Crippen LogP contribution in [0.25, 0.3) is 11.0 Å². The third kappa shape index (κ3) is 4.21. The van der Waals surface area contributed by atoms with E-state index >= 15 is 0 Å². The highest BCUT2D eigenvalue weighted by Crippen LogP contribution is 2.28. The van der Waals surface area contributed by atoms with Gasteiger partial charge in [0.2, 0.25) is 0 Å². The van der Waals surface area contributed by atoms with Crippen LogP contribution in [0.2, 0.25) is 0 Å². The van der Waals surface area contributed by atoms with Gasteiger partial charge in [0.15, 0.2) is 0 Å². The van der Waals surface area contributed by atoms with Crippen molar-refractivity contribution < 1.29 is 4.74 Å². The van der Waals surface area contributed by atoms with Gasteiger partial charge in [-0.1, -0.05) is 49.4 Å². The van der Waals surface area contributed by atoms with Crippen LogP contribution >= 0.6 is 0 Å². The van der Waals surface area contributed by atoms with E-state index in [9.17, 15) is 4.79 Å². The lowest BCUT2D eigenvalue weighted by atomic mass is 10.0. The maximum absolute atomic E-state index is 12.5. The molecule has 3 aromatic carbocycles. The van der Waals surface area contributed by atoms with Crippen LogP contribution in [0.1, 0.15) is 36.9 Å². The minimum Gasteiger partial charge on any atom is -0.457 e. The first-order valence-corrected chi connectivity index (χ1v) is 11.5. The second kappa shape index (κ2) is 9.05. The van der Waals surface area contributed by atoms with Crippen molar-refractivity contribution in [1.29, 1.82) is 0 Å². The van der Waals surface area contributed by atoms with Crippen LogP contribution in [0, 0.1) is 0 Å². The number of ether oxygens (including phenoxy) is 1. The number of piperidine rings is 1. The second-order valence-corrected chi connectivity index (χ2v) is 8.54. The Labute approximate surface area is 188 Å². The predicted octanol–water partition coefficient (Wildman–Crippen LogP) is 5.52. The Hall–Kier alpha value is -3.31. The summed E-state index contributed by atoms with van der Waals surface area (Å²) in [6.45, 7) is 4.98. The van der Waals surface area contributed by atoms with E-state index in [1.54, 1.807) is 0 Å². The summed E-state index contributed by atoms with van der Waals surface area (Å²) in [5.41, 5.74) is 4.39. The molecule has 5 heteroatoms. The van der Waals surface area contributed by atoms with E-state index in [0.717, 1.165) is 61.4 Å². The first-order valence-electron chi connectivity index (χ1n) is 11.5. The monoisotopic (exact) mass is 427 g/mol. The number of aryl methyl sites for hydroxylation is 1. The van der Waals surface area contributed by atoms with Crippen molar-refractivity contribution >= 4 is 11.0 Å². The first-order chi connectivity index (χ1) is 15.7. The number of rotatable bonds is 6. The van der Waals surface area contributed by atoms with Crippen LogP contribution in [-0.4, -0.2) is 27.5 Å². The fourth-order valence-electron chi connectivity index (χ4n) is 4.76. The molecule has 0 unspecified atom stereocenters. The Morgan fingerprint density at radius 2 is 1.75 bits per heavy atom. The predicted molar refractivity (Wildman–Crippen MR) is 128 cm³/mol. The molecule has 1 fully saturated rings. The largest absolute Gasteiger partial charge is 0.457 e. The molecule has 0 radical (unpaired) electrons. The number of benzene rings is 3. The summed E-state index contributed by atoms with van der Waals surface area (Å²) in [7, 11) is 0. The van der Waals surface area contributed by atoms with Crippen LogP contribution in [0.5, 0.6) is 11.5 Å². The third-order valence-electron chi connectivity index (χ3n) is 6.43. The van der Waals surface area contributed by atoms with Gasteiger partial charge in [-0.25, -0.2) is 4.79 Å². The minimum atomic E-state index is 0.00172. The number of fused-ring (bicyclic) bond motifs is 1. The van der Waals surface area contributed by atoms with Crippen molar-refractivity contribution in [3.63, 3.8) is 0 Å². The van der Waals surface area contributed by atoms with Crippen LogP contribution in [-0.2, 0) is 13.0 Å². The highest BCUT2D eigenvalue weighted by molar-refractivity contribution is 5.75. The van der Waals surface area contributed by atoms with Crippen LogP contribution < -0.4 is 10.4 Å². The quantitative estimate of drug-likeness (QED) is 0.441. The van der Waals surface area contributed by atoms with Crippen molar-refractivity contribution in [3.8, 4) is 11.5 Å². The Kier molecular flexibility index (Phi) is 5.82. The summed E-state index contributed by atoms with van der Waals surface area (Å²) in [6.07, 6.45) is 2.90. The topological polar surface area (TPSA) is 50.3 Å². The van der Waals surface area contributed by atoms with Crippen molar-refractivity contribution in [3.05, 3.63) is 94.4 Å². The molecule has 1 aliphatic rings. The molecule has 0 spiro atoms. The molecule has 1 saturated heterocycles. The molecule has 1 N–H and O–H groups in total. The molecular formula is C27H29N3O2. The third-order valence-corrected chi connectivity index (χ3v) is 6.43. The number of likely N-dealkylation sites (tertiary alicyclic amines) is 1. The summed E-state index contributed by atoms with van der Waals surface area (Å²) in [6, 6.07) is 24.8. The Morgan fingerprint density at radius 3 is 2.59 bits per heavy atom. The number of aromatic amines is 1. The zero-order chi connectivity index (χ0) is 21.9. The van der Waals surface area contributed by atoms with Crippen molar-refractivity contribution in [2.75, 3.05) is 13.1 Å². The van der Waals surface area contributed by atoms with E-state index in [-0.39, 0.29) is 11.7 Å². The lowest BCUT2D eigenvalue weighted by Gasteiger charge is -2.32. The maximum Gasteiger partial charge on any atom is 0.326 e. The Morgan fingerprint density at radius 1 is 0.969 bits per heavy atom. The molecule has 1 aliphatic heterocycles. The molecule has 5 nitrogen and oxygen atoms in total. The summed E-state index contributed by atoms with van der Waals surface area (Å²) in [4.78, 5) is 18.0. The molecule has 0 amide bonds. The van der Waals surface area contributed by atoms with E-state index in [1.165, 1.54) is 11.1 Å². The minimum absolute atomic E-state index is 0.00172. The average molecular weight is 428 g/mol. The second-order valence-electron chi connectivity index (χ2n) is 8.54. The van der Waals surface area contributed by atoms with E-state index < -0.39 is 0 Å². The summed E-state index contributed by atoms with van der Waals surface area (Å²) in [5, 5.41) is 0. The number of nitrogens with one attached hydrogen (secondary N) is 1. The van der Waals surface area contributed by atoms with Gasteiger partial charge in [0, 0.05) is 25.7 Å². The van der Waals surface area contributed by atoms with E-state index in [4.69, 9.17) is 4.74 Å². The average Bonchev–Trinajstić information content (AvgIpc) is 3.16. The molecule has 2 heterocycles. The molecule has 0 aliphatic carbocycles. The Balaban J connectivity index is 1.24. The van der Waals surface area contributed by atoms with Crippen LogP contribution in [0.4, 0.5) is 0 Å². The summed E-state index contributed by atoms with van der Waals surface area (Å²) >= 11 is 0. The Bertz CT molecular complexity index is 1270. The number of imidazole rings is 1. The summed E-state index contributed by atoms with van der Waals surface area (Å²) < 4.78 is 8.14. The molecule has 164 valence electrons. The molecule has 32 heavy (non-hydrogen) atoms. The first kappa shape index (κ1) is 20.6. The van der Waals surface area contributed by atoms with Gasteiger partial charge < -0.3 is 9.72 Å². The lowest BCUT2D eigenvalue weighted by molar-refractivity contribution is 0.180. The molecular weight excluding hydrogens is 398 g/mol. The van der Waals surface area contributed by atoms with Gasteiger partial charge in [0.05, 0.1) is 11.0 Å². The number of hydrogen-bond acceptors (Lipinski definition) is 3.